The Morgan fingerprint density at radius 2 is 2.28 bits per heavy atom. The predicted octanol–water partition coefficient (Wildman–Crippen LogP) is 3.49. The van der Waals surface area contributed by atoms with E-state index < -0.39 is 30.4 Å². The molecule has 0 bridgehead atoms. The van der Waals surface area contributed by atoms with Gasteiger partial charge in [-0.15, -0.1) is 11.3 Å². The number of carbonyl (C=O) groups is 1. The molecule has 0 amide bonds. The van der Waals surface area contributed by atoms with E-state index in [1.54, 1.807) is 0 Å². The average Bonchev–Trinajstić information content (AvgIpc) is 2.88. The lowest BCUT2D eigenvalue weighted by Crippen LogP contribution is -2.57. The van der Waals surface area contributed by atoms with E-state index in [-0.39, 0.29) is 17.5 Å². The van der Waals surface area contributed by atoms with Crippen molar-refractivity contribution in [2.45, 2.75) is 56.7 Å². The number of nitrogens with two attached hydrogens (primary N) is 1. The molecule has 0 radical (unpaired) electrons. The summed E-state index contributed by atoms with van der Waals surface area (Å²) in [6.07, 6.45) is 2.12. The van der Waals surface area contributed by atoms with Crippen LogP contribution in [0.3, 0.4) is 0 Å². The summed E-state index contributed by atoms with van der Waals surface area (Å²) in [4.78, 5) is 13.1. The smallest absolute Gasteiger partial charge is 0.348 e. The highest BCUT2D eigenvalue weighted by molar-refractivity contribution is 9.11. The summed E-state index contributed by atoms with van der Waals surface area (Å²) in [5.74, 6) is -4.07. The van der Waals surface area contributed by atoms with Crippen LogP contribution in [-0.2, 0) is 11.2 Å². The number of thiophene rings is 1. The molecule has 1 aromatic rings. The molecule has 2 aliphatic rings. The summed E-state index contributed by atoms with van der Waals surface area (Å²) in [5, 5.41) is 9.49. The second-order valence-electron chi connectivity index (χ2n) is 6.67. The Balaban J connectivity index is 1.95. The molecule has 2 aliphatic heterocycles. The zero-order valence-corrected chi connectivity index (χ0v) is 16.2. The van der Waals surface area contributed by atoms with E-state index in [9.17, 15) is 18.7 Å². The Morgan fingerprint density at radius 3 is 2.88 bits per heavy atom. The number of carboxylic acid groups (broad SMARTS) is 1. The van der Waals surface area contributed by atoms with Crippen LogP contribution in [0, 0.1) is 0 Å². The molecule has 0 aliphatic carbocycles. The van der Waals surface area contributed by atoms with Crippen LogP contribution in [0.1, 0.15) is 41.4 Å². The molecular formula is C16H21BrF2N2O3S. The second-order valence-corrected chi connectivity index (χ2v) is 9.01. The maximum Gasteiger partial charge on any atom is 0.348 e. The second kappa shape index (κ2) is 7.09. The van der Waals surface area contributed by atoms with Gasteiger partial charge in [-0.3, -0.25) is 0 Å². The number of rotatable bonds is 4. The molecule has 3 rings (SSSR count). The van der Waals surface area contributed by atoms with Crippen LogP contribution >= 0.6 is 27.3 Å². The number of halogens is 3. The standard InChI is InChI=1S/C16H21BrF2N2O3S/c1-8-16(18,19)6-9-12(13(15(22)23)25-14(9)17)21(8)7-10(20)11-4-2-3-5-24-11/h8,10-11H,2-7,20H2,1H3,(H,22,23)/t8?,10-,11?/m0/s1. The molecule has 0 aromatic carbocycles. The largest absolute Gasteiger partial charge is 0.477 e. The molecule has 1 saturated heterocycles. The molecule has 0 saturated carbocycles. The first kappa shape index (κ1) is 19.0. The summed E-state index contributed by atoms with van der Waals surface area (Å²) < 4.78 is 35.2. The van der Waals surface area contributed by atoms with Crippen molar-refractivity contribution in [3.8, 4) is 0 Å². The molecule has 1 aromatic heterocycles. The lowest BCUT2D eigenvalue weighted by molar-refractivity contribution is -0.0305. The first-order chi connectivity index (χ1) is 11.7. The number of ether oxygens (including phenoxy) is 1. The van der Waals surface area contributed by atoms with Crippen molar-refractivity contribution in [2.75, 3.05) is 18.1 Å². The summed E-state index contributed by atoms with van der Waals surface area (Å²) in [6, 6.07) is -1.58. The number of alkyl halides is 2. The van der Waals surface area contributed by atoms with Gasteiger partial charge >= 0.3 is 5.97 Å². The Bertz CT molecular complexity index is 664. The van der Waals surface area contributed by atoms with Crippen LogP contribution in [0.2, 0.25) is 0 Å². The van der Waals surface area contributed by atoms with E-state index >= 15 is 0 Å². The van der Waals surface area contributed by atoms with Gasteiger partial charge in [-0.05, 0) is 42.1 Å². The molecule has 25 heavy (non-hydrogen) atoms. The van der Waals surface area contributed by atoms with Crippen molar-refractivity contribution in [2.24, 2.45) is 5.73 Å². The summed E-state index contributed by atoms with van der Waals surface area (Å²) in [5.41, 5.74) is 6.97. The fraction of sp³-hybridized carbons (Fsp3) is 0.688. The van der Waals surface area contributed by atoms with Gasteiger partial charge in [0.15, 0.2) is 0 Å². The lowest BCUT2D eigenvalue weighted by atomic mass is 9.93. The first-order valence-electron chi connectivity index (χ1n) is 8.28. The van der Waals surface area contributed by atoms with Gasteiger partial charge in [0.25, 0.3) is 5.92 Å². The number of hydrogen-bond acceptors (Lipinski definition) is 5. The highest BCUT2D eigenvalue weighted by Gasteiger charge is 2.48. The van der Waals surface area contributed by atoms with Gasteiger partial charge < -0.3 is 20.5 Å². The third kappa shape index (κ3) is 3.56. The molecule has 140 valence electrons. The highest BCUT2D eigenvalue weighted by Crippen LogP contribution is 2.48. The van der Waals surface area contributed by atoms with Crippen LogP contribution in [-0.4, -0.2) is 48.3 Å². The fourth-order valence-corrected chi connectivity index (χ4v) is 5.24. The Hall–Kier alpha value is -0.770. The molecule has 1 fully saturated rings. The molecule has 5 nitrogen and oxygen atoms in total. The van der Waals surface area contributed by atoms with Crippen molar-refractivity contribution in [3.05, 3.63) is 14.2 Å². The van der Waals surface area contributed by atoms with Crippen molar-refractivity contribution in [1.29, 1.82) is 0 Å². The third-order valence-corrected chi connectivity index (χ3v) is 6.96. The van der Waals surface area contributed by atoms with Gasteiger partial charge in [0.1, 0.15) is 4.88 Å². The maximum absolute atomic E-state index is 14.5. The van der Waals surface area contributed by atoms with E-state index in [1.807, 2.05) is 0 Å². The van der Waals surface area contributed by atoms with Crippen molar-refractivity contribution < 1.29 is 23.4 Å². The topological polar surface area (TPSA) is 75.8 Å². The third-order valence-electron chi connectivity index (χ3n) is 5.00. The van der Waals surface area contributed by atoms with Crippen molar-refractivity contribution in [1.82, 2.24) is 0 Å². The summed E-state index contributed by atoms with van der Waals surface area (Å²) in [7, 11) is 0. The Kier molecular flexibility index (Phi) is 5.39. The predicted molar refractivity (Wildman–Crippen MR) is 96.0 cm³/mol. The molecule has 3 N–H and O–H groups in total. The van der Waals surface area contributed by atoms with Crippen molar-refractivity contribution in [3.63, 3.8) is 0 Å². The quantitative estimate of drug-likeness (QED) is 0.752. The van der Waals surface area contributed by atoms with Gasteiger partial charge in [-0.1, -0.05) is 0 Å². The zero-order valence-electron chi connectivity index (χ0n) is 13.8. The molecule has 0 spiro atoms. The molecular weight excluding hydrogens is 418 g/mol. The van der Waals surface area contributed by atoms with E-state index in [2.05, 4.69) is 15.9 Å². The van der Waals surface area contributed by atoms with E-state index in [1.165, 1.54) is 11.8 Å². The van der Waals surface area contributed by atoms with Crippen LogP contribution in [0.4, 0.5) is 14.5 Å². The molecule has 3 atom stereocenters. The number of fused-ring (bicyclic) bond motifs is 1. The van der Waals surface area contributed by atoms with Gasteiger partial charge in [-0.2, -0.15) is 0 Å². The Labute approximate surface area is 157 Å². The van der Waals surface area contributed by atoms with Crippen molar-refractivity contribution >= 4 is 38.9 Å². The number of aromatic carboxylic acids is 1. The van der Waals surface area contributed by atoms with Crippen LogP contribution in [0.5, 0.6) is 0 Å². The normalized spacial score (nSPS) is 27.0. The van der Waals surface area contributed by atoms with E-state index in [4.69, 9.17) is 10.5 Å². The molecule has 3 heterocycles. The minimum atomic E-state index is -2.96. The van der Waals surface area contributed by atoms with Crippen LogP contribution in [0.15, 0.2) is 3.79 Å². The minimum absolute atomic E-state index is 0.0704. The first-order valence-corrected chi connectivity index (χ1v) is 9.89. The summed E-state index contributed by atoms with van der Waals surface area (Å²) >= 11 is 4.23. The lowest BCUT2D eigenvalue weighted by Gasteiger charge is -2.43. The monoisotopic (exact) mass is 438 g/mol. The number of hydrogen-bond donors (Lipinski definition) is 2. The van der Waals surface area contributed by atoms with Crippen LogP contribution in [0.25, 0.3) is 0 Å². The average molecular weight is 439 g/mol. The molecule has 2 unspecified atom stereocenters. The fourth-order valence-electron chi connectivity index (χ4n) is 3.53. The summed E-state index contributed by atoms with van der Waals surface area (Å²) in [6.45, 7) is 2.19. The van der Waals surface area contributed by atoms with Crippen LogP contribution < -0.4 is 10.6 Å². The van der Waals surface area contributed by atoms with Gasteiger partial charge in [-0.25, -0.2) is 13.6 Å². The SMILES string of the molecule is CC1N(C[C@H](N)C2CCCCO2)c2c(C(=O)O)sc(Br)c2CC1(F)F. The minimum Gasteiger partial charge on any atom is -0.477 e. The van der Waals surface area contributed by atoms with Gasteiger partial charge in [0.05, 0.1) is 21.6 Å². The maximum atomic E-state index is 14.5. The Morgan fingerprint density at radius 1 is 1.56 bits per heavy atom. The number of carboxylic acids is 1. The van der Waals surface area contributed by atoms with Gasteiger partial charge in [0, 0.05) is 31.2 Å². The zero-order chi connectivity index (χ0) is 18.4. The van der Waals surface area contributed by atoms with E-state index in [0.717, 1.165) is 30.6 Å². The number of nitrogens with zero attached hydrogens (tertiary/aromatic N) is 1. The van der Waals surface area contributed by atoms with E-state index in [0.29, 0.717) is 21.6 Å². The highest BCUT2D eigenvalue weighted by atomic mass is 79.9. The van der Waals surface area contributed by atoms with Gasteiger partial charge in [0.2, 0.25) is 0 Å². The number of anilines is 1. The molecule has 9 heteroatoms.